The molecule has 2 rings (SSSR count). The highest BCUT2D eigenvalue weighted by Gasteiger charge is 2.02. The minimum absolute atomic E-state index is 0.469. The Labute approximate surface area is 99.9 Å². The van der Waals surface area contributed by atoms with Crippen LogP contribution in [0.5, 0.6) is 11.5 Å². The van der Waals surface area contributed by atoms with Gasteiger partial charge in [0.25, 0.3) is 0 Å². The van der Waals surface area contributed by atoms with Crippen molar-refractivity contribution in [2.75, 3.05) is 0 Å². The van der Waals surface area contributed by atoms with Crippen molar-refractivity contribution in [1.29, 1.82) is 0 Å². The van der Waals surface area contributed by atoms with E-state index in [1.165, 1.54) is 5.56 Å². The van der Waals surface area contributed by atoms with Gasteiger partial charge in [-0.3, -0.25) is 0 Å². The summed E-state index contributed by atoms with van der Waals surface area (Å²) in [6.07, 6.45) is 2.56. The Kier molecular flexibility index (Phi) is 3.42. The zero-order chi connectivity index (χ0) is 11.4. The number of ether oxygens (including phenoxy) is 1. The molecule has 0 unspecified atom stereocenters. The normalized spacial score (nSPS) is 10.1. The third-order valence-corrected chi connectivity index (χ3v) is 2.51. The number of rotatable bonds is 3. The van der Waals surface area contributed by atoms with Gasteiger partial charge in [0.05, 0.1) is 6.20 Å². The summed E-state index contributed by atoms with van der Waals surface area (Å²) < 4.78 is 5.73. The van der Waals surface area contributed by atoms with Crippen LogP contribution in [0.3, 0.4) is 0 Å². The van der Waals surface area contributed by atoms with E-state index in [4.69, 9.17) is 16.3 Å². The molecule has 2 aromatic rings. The largest absolute Gasteiger partial charge is 0.455 e. The number of aromatic nitrogens is 1. The van der Waals surface area contributed by atoms with E-state index in [1.807, 2.05) is 24.3 Å². The van der Waals surface area contributed by atoms with Gasteiger partial charge >= 0.3 is 0 Å². The molecule has 0 radical (unpaired) electrons. The topological polar surface area (TPSA) is 22.1 Å². The summed E-state index contributed by atoms with van der Waals surface area (Å²) in [5.41, 5.74) is 1.18. The van der Waals surface area contributed by atoms with E-state index < -0.39 is 0 Å². The van der Waals surface area contributed by atoms with Gasteiger partial charge in [-0.15, -0.1) is 0 Å². The smallest absolute Gasteiger partial charge is 0.145 e. The molecule has 16 heavy (non-hydrogen) atoms. The summed E-state index contributed by atoms with van der Waals surface area (Å²) >= 11 is 5.71. The summed E-state index contributed by atoms with van der Waals surface area (Å²) in [6.45, 7) is 2.10. The molecule has 1 aromatic heterocycles. The molecule has 0 saturated heterocycles. The van der Waals surface area contributed by atoms with Crippen molar-refractivity contribution in [3.8, 4) is 11.5 Å². The van der Waals surface area contributed by atoms with Gasteiger partial charge in [-0.2, -0.15) is 0 Å². The minimum Gasteiger partial charge on any atom is -0.455 e. The number of aryl methyl sites for hydroxylation is 1. The molecule has 82 valence electrons. The maximum absolute atomic E-state index is 5.73. The van der Waals surface area contributed by atoms with Gasteiger partial charge in [0, 0.05) is 0 Å². The Balaban J connectivity index is 2.23. The van der Waals surface area contributed by atoms with Crippen LogP contribution in [0, 0.1) is 0 Å². The predicted octanol–water partition coefficient (Wildman–Crippen LogP) is 4.09. The Bertz CT molecular complexity index is 468. The Hall–Kier alpha value is -1.54. The Morgan fingerprint density at radius 1 is 1.19 bits per heavy atom. The highest BCUT2D eigenvalue weighted by Crippen LogP contribution is 2.25. The molecule has 0 amide bonds. The van der Waals surface area contributed by atoms with Gasteiger partial charge in [0.2, 0.25) is 0 Å². The number of pyridine rings is 1. The molecule has 0 N–H and O–H groups in total. The fourth-order valence-corrected chi connectivity index (χ4v) is 1.56. The van der Waals surface area contributed by atoms with Crippen molar-refractivity contribution in [2.24, 2.45) is 0 Å². The van der Waals surface area contributed by atoms with E-state index in [0.29, 0.717) is 10.9 Å². The summed E-state index contributed by atoms with van der Waals surface area (Å²) in [6, 6.07) is 11.5. The Morgan fingerprint density at radius 3 is 2.69 bits per heavy atom. The molecule has 0 atom stereocenters. The van der Waals surface area contributed by atoms with Crippen molar-refractivity contribution < 1.29 is 4.74 Å². The zero-order valence-electron chi connectivity index (χ0n) is 8.98. The van der Waals surface area contributed by atoms with Crippen LogP contribution in [0.4, 0.5) is 0 Å². The van der Waals surface area contributed by atoms with Crippen molar-refractivity contribution in [2.45, 2.75) is 13.3 Å². The van der Waals surface area contributed by atoms with Gasteiger partial charge in [-0.05, 0) is 30.2 Å². The summed E-state index contributed by atoms with van der Waals surface area (Å²) in [7, 11) is 0. The van der Waals surface area contributed by atoms with Crippen LogP contribution in [0.2, 0.25) is 5.15 Å². The van der Waals surface area contributed by atoms with Gasteiger partial charge in [0.15, 0.2) is 0 Å². The molecular formula is C13H12ClNO. The fourth-order valence-electron chi connectivity index (χ4n) is 1.45. The lowest BCUT2D eigenvalue weighted by Crippen LogP contribution is -1.90. The van der Waals surface area contributed by atoms with Crippen molar-refractivity contribution in [1.82, 2.24) is 4.98 Å². The van der Waals surface area contributed by atoms with Crippen LogP contribution in [0.15, 0.2) is 42.6 Å². The number of benzene rings is 1. The van der Waals surface area contributed by atoms with E-state index in [1.54, 1.807) is 12.3 Å². The van der Waals surface area contributed by atoms with Gasteiger partial charge in [-0.25, -0.2) is 4.98 Å². The fraction of sp³-hybridized carbons (Fsp3) is 0.154. The second-order valence-corrected chi connectivity index (χ2v) is 3.77. The second-order valence-electron chi connectivity index (χ2n) is 3.38. The number of nitrogens with zero attached hydrogens (tertiary/aromatic N) is 1. The average molecular weight is 234 g/mol. The van der Waals surface area contributed by atoms with Crippen molar-refractivity contribution in [3.05, 3.63) is 53.3 Å². The standard InChI is InChI=1S/C13H12ClNO/c1-2-10-5-3-4-6-12(10)16-11-7-8-13(14)15-9-11/h3-9H,2H2,1H3. The van der Waals surface area contributed by atoms with Gasteiger partial charge in [0.1, 0.15) is 16.7 Å². The second kappa shape index (κ2) is 4.99. The Morgan fingerprint density at radius 2 is 2.00 bits per heavy atom. The average Bonchev–Trinajstić information content (AvgIpc) is 2.33. The molecule has 0 aliphatic heterocycles. The summed E-state index contributed by atoms with van der Waals surface area (Å²) in [5, 5.41) is 0.469. The lowest BCUT2D eigenvalue weighted by atomic mass is 10.1. The van der Waals surface area contributed by atoms with E-state index >= 15 is 0 Å². The minimum atomic E-state index is 0.469. The third kappa shape index (κ3) is 2.52. The van der Waals surface area contributed by atoms with E-state index in [2.05, 4.69) is 18.0 Å². The van der Waals surface area contributed by atoms with Crippen LogP contribution in [-0.2, 0) is 6.42 Å². The van der Waals surface area contributed by atoms with Crippen molar-refractivity contribution in [3.63, 3.8) is 0 Å². The third-order valence-electron chi connectivity index (χ3n) is 2.28. The first kappa shape index (κ1) is 11.0. The first-order valence-electron chi connectivity index (χ1n) is 5.17. The predicted molar refractivity (Wildman–Crippen MR) is 65.1 cm³/mol. The molecule has 2 nitrogen and oxygen atoms in total. The first-order valence-corrected chi connectivity index (χ1v) is 5.54. The quantitative estimate of drug-likeness (QED) is 0.745. The van der Waals surface area contributed by atoms with Crippen LogP contribution in [0.25, 0.3) is 0 Å². The molecule has 3 heteroatoms. The highest BCUT2D eigenvalue weighted by atomic mass is 35.5. The number of hydrogen-bond acceptors (Lipinski definition) is 2. The monoisotopic (exact) mass is 233 g/mol. The molecule has 0 spiro atoms. The van der Waals surface area contributed by atoms with E-state index in [-0.39, 0.29) is 0 Å². The molecule has 0 aliphatic rings. The number of halogens is 1. The van der Waals surface area contributed by atoms with Gasteiger partial charge in [-0.1, -0.05) is 36.7 Å². The lowest BCUT2D eigenvalue weighted by Gasteiger charge is -2.09. The van der Waals surface area contributed by atoms with Crippen LogP contribution in [-0.4, -0.2) is 4.98 Å². The number of para-hydroxylation sites is 1. The molecular weight excluding hydrogens is 222 g/mol. The first-order chi connectivity index (χ1) is 7.79. The molecule has 0 aliphatic carbocycles. The number of hydrogen-bond donors (Lipinski definition) is 0. The molecule has 0 saturated carbocycles. The van der Waals surface area contributed by atoms with Crippen LogP contribution < -0.4 is 4.74 Å². The maximum Gasteiger partial charge on any atom is 0.145 e. The van der Waals surface area contributed by atoms with Gasteiger partial charge < -0.3 is 4.74 Å². The molecule has 0 fully saturated rings. The van der Waals surface area contributed by atoms with Crippen LogP contribution in [0.1, 0.15) is 12.5 Å². The molecule has 1 aromatic carbocycles. The maximum atomic E-state index is 5.73. The summed E-state index contributed by atoms with van der Waals surface area (Å²) in [4.78, 5) is 3.97. The zero-order valence-corrected chi connectivity index (χ0v) is 9.74. The SMILES string of the molecule is CCc1ccccc1Oc1ccc(Cl)nc1. The summed E-state index contributed by atoms with van der Waals surface area (Å²) in [5.74, 6) is 1.57. The van der Waals surface area contributed by atoms with Crippen LogP contribution >= 0.6 is 11.6 Å². The molecule has 1 heterocycles. The lowest BCUT2D eigenvalue weighted by molar-refractivity contribution is 0.474. The van der Waals surface area contributed by atoms with E-state index in [0.717, 1.165) is 12.2 Å². The van der Waals surface area contributed by atoms with Crippen molar-refractivity contribution >= 4 is 11.6 Å². The van der Waals surface area contributed by atoms with E-state index in [9.17, 15) is 0 Å². The molecule has 0 bridgehead atoms. The highest BCUT2D eigenvalue weighted by molar-refractivity contribution is 6.29.